The first-order valence-electron chi connectivity index (χ1n) is 5.02. The molecule has 4 heteroatoms. The summed E-state index contributed by atoms with van der Waals surface area (Å²) in [6.07, 6.45) is 4.06. The topological polar surface area (TPSA) is 60.2 Å². The van der Waals surface area contributed by atoms with Gasteiger partial charge in [0.1, 0.15) is 0 Å². The molecular weight excluding hydrogens is 210 g/mol. The van der Waals surface area contributed by atoms with E-state index in [1.54, 1.807) is 12.1 Å². The molecule has 1 aliphatic carbocycles. The average Bonchev–Trinajstić information content (AvgIpc) is 2.13. The van der Waals surface area contributed by atoms with Crippen molar-refractivity contribution in [3.8, 4) is 0 Å². The van der Waals surface area contributed by atoms with Crippen LogP contribution in [0.2, 0.25) is 0 Å². The number of rotatable bonds is 2. The van der Waals surface area contributed by atoms with Crippen molar-refractivity contribution in [2.45, 2.75) is 29.7 Å². The molecule has 0 spiro atoms. The first kappa shape index (κ1) is 10.6. The van der Waals surface area contributed by atoms with E-state index in [1.807, 2.05) is 12.1 Å². The molecule has 0 radical (unpaired) electrons. The molecule has 0 bridgehead atoms. The van der Waals surface area contributed by atoms with Gasteiger partial charge >= 0.3 is 0 Å². The van der Waals surface area contributed by atoms with Gasteiger partial charge in [-0.15, -0.1) is 0 Å². The first-order chi connectivity index (χ1) is 6.93. The van der Waals surface area contributed by atoms with Gasteiger partial charge in [-0.05, 0) is 30.9 Å². The Labute approximate surface area is 90.2 Å². The molecule has 1 fully saturated rings. The standard InChI is InChI=1S/C11H15NO2S/c1-15(13,14)10-6-3-2-5-9(10)11(12)7-4-8-11/h2-3,5-6H,4,7-8,12H2,1H3. The maximum atomic E-state index is 11.6. The predicted molar refractivity (Wildman–Crippen MR) is 59.3 cm³/mol. The monoisotopic (exact) mass is 225 g/mol. The molecule has 0 atom stereocenters. The van der Waals surface area contributed by atoms with Crippen LogP contribution >= 0.6 is 0 Å². The molecule has 2 N–H and O–H groups in total. The van der Waals surface area contributed by atoms with Crippen LogP contribution in [0, 0.1) is 0 Å². The fraction of sp³-hybridized carbons (Fsp3) is 0.455. The Morgan fingerprint density at radius 2 is 1.87 bits per heavy atom. The second kappa shape index (κ2) is 3.32. The largest absolute Gasteiger partial charge is 0.321 e. The quantitative estimate of drug-likeness (QED) is 0.828. The Hall–Kier alpha value is -0.870. The summed E-state index contributed by atoms with van der Waals surface area (Å²) in [4.78, 5) is 0.382. The third-order valence-corrected chi connectivity index (χ3v) is 4.22. The van der Waals surface area contributed by atoms with E-state index in [0.29, 0.717) is 4.90 Å². The lowest BCUT2D eigenvalue weighted by Crippen LogP contribution is -2.44. The highest BCUT2D eigenvalue weighted by atomic mass is 32.2. The summed E-state index contributed by atoms with van der Waals surface area (Å²) in [6, 6.07) is 7.05. The van der Waals surface area contributed by atoms with Crippen molar-refractivity contribution in [2.24, 2.45) is 5.73 Å². The van der Waals surface area contributed by atoms with Gasteiger partial charge < -0.3 is 5.73 Å². The van der Waals surface area contributed by atoms with E-state index in [4.69, 9.17) is 5.73 Å². The Balaban J connectivity index is 2.57. The fourth-order valence-electron chi connectivity index (χ4n) is 2.03. The Morgan fingerprint density at radius 3 is 2.33 bits per heavy atom. The van der Waals surface area contributed by atoms with Gasteiger partial charge in [-0.1, -0.05) is 18.2 Å². The molecule has 0 aliphatic heterocycles. The summed E-state index contributed by atoms with van der Waals surface area (Å²) >= 11 is 0. The van der Waals surface area contributed by atoms with Crippen molar-refractivity contribution in [1.29, 1.82) is 0 Å². The van der Waals surface area contributed by atoms with E-state index in [0.717, 1.165) is 24.8 Å². The maximum Gasteiger partial charge on any atom is 0.175 e. The lowest BCUT2D eigenvalue weighted by Gasteiger charge is -2.39. The minimum atomic E-state index is -3.17. The van der Waals surface area contributed by atoms with Gasteiger partial charge in [0, 0.05) is 11.8 Å². The van der Waals surface area contributed by atoms with Gasteiger partial charge in [-0.25, -0.2) is 8.42 Å². The number of sulfone groups is 1. The highest BCUT2D eigenvalue weighted by molar-refractivity contribution is 7.90. The van der Waals surface area contributed by atoms with Crippen molar-refractivity contribution in [1.82, 2.24) is 0 Å². The molecule has 1 aliphatic rings. The lowest BCUT2D eigenvalue weighted by atomic mass is 9.73. The molecule has 15 heavy (non-hydrogen) atoms. The van der Waals surface area contributed by atoms with E-state index < -0.39 is 15.4 Å². The third-order valence-electron chi connectivity index (χ3n) is 3.07. The van der Waals surface area contributed by atoms with Gasteiger partial charge in [-0.3, -0.25) is 0 Å². The van der Waals surface area contributed by atoms with Crippen molar-refractivity contribution in [3.63, 3.8) is 0 Å². The minimum Gasteiger partial charge on any atom is -0.321 e. The molecule has 1 aromatic carbocycles. The molecular formula is C11H15NO2S. The van der Waals surface area contributed by atoms with Crippen LogP contribution in [0.25, 0.3) is 0 Å². The summed E-state index contributed by atoms with van der Waals surface area (Å²) < 4.78 is 23.2. The average molecular weight is 225 g/mol. The molecule has 0 amide bonds. The van der Waals surface area contributed by atoms with E-state index >= 15 is 0 Å². The molecule has 82 valence electrons. The second-order valence-electron chi connectivity index (χ2n) is 4.28. The summed E-state index contributed by atoms with van der Waals surface area (Å²) in [5.41, 5.74) is 6.52. The van der Waals surface area contributed by atoms with Crippen LogP contribution in [0.5, 0.6) is 0 Å². The van der Waals surface area contributed by atoms with Crippen molar-refractivity contribution >= 4 is 9.84 Å². The van der Waals surface area contributed by atoms with Crippen molar-refractivity contribution < 1.29 is 8.42 Å². The summed E-state index contributed by atoms with van der Waals surface area (Å²) in [5.74, 6) is 0. The molecule has 1 aromatic rings. The molecule has 0 unspecified atom stereocenters. The summed E-state index contributed by atoms with van der Waals surface area (Å²) in [6.45, 7) is 0. The smallest absolute Gasteiger partial charge is 0.175 e. The first-order valence-corrected chi connectivity index (χ1v) is 6.91. The van der Waals surface area contributed by atoms with Crippen LogP contribution in [0.4, 0.5) is 0 Å². The van der Waals surface area contributed by atoms with E-state index in [-0.39, 0.29) is 0 Å². The molecule has 2 rings (SSSR count). The molecule has 0 heterocycles. The number of hydrogen-bond donors (Lipinski definition) is 1. The van der Waals surface area contributed by atoms with Gasteiger partial charge in [-0.2, -0.15) is 0 Å². The zero-order valence-corrected chi connectivity index (χ0v) is 9.55. The Morgan fingerprint density at radius 1 is 1.27 bits per heavy atom. The summed E-state index contributed by atoms with van der Waals surface area (Å²) in [7, 11) is -3.17. The summed E-state index contributed by atoms with van der Waals surface area (Å²) in [5, 5.41) is 0. The predicted octanol–water partition coefficient (Wildman–Crippen LogP) is 1.43. The fourth-order valence-corrected chi connectivity index (χ4v) is 3.02. The van der Waals surface area contributed by atoms with E-state index in [1.165, 1.54) is 6.26 Å². The van der Waals surface area contributed by atoms with Crippen LogP contribution < -0.4 is 5.73 Å². The van der Waals surface area contributed by atoms with Crippen molar-refractivity contribution in [2.75, 3.05) is 6.26 Å². The number of benzene rings is 1. The lowest BCUT2D eigenvalue weighted by molar-refractivity contribution is 0.249. The normalized spacial score (nSPS) is 19.6. The molecule has 1 saturated carbocycles. The molecule has 3 nitrogen and oxygen atoms in total. The van der Waals surface area contributed by atoms with Crippen LogP contribution in [-0.2, 0) is 15.4 Å². The number of nitrogens with two attached hydrogens (primary N) is 1. The van der Waals surface area contributed by atoms with Crippen LogP contribution in [0.15, 0.2) is 29.2 Å². The van der Waals surface area contributed by atoms with Crippen LogP contribution in [0.1, 0.15) is 24.8 Å². The molecule has 0 aromatic heterocycles. The zero-order valence-electron chi connectivity index (χ0n) is 8.73. The van der Waals surface area contributed by atoms with Crippen molar-refractivity contribution in [3.05, 3.63) is 29.8 Å². The number of hydrogen-bond acceptors (Lipinski definition) is 3. The highest BCUT2D eigenvalue weighted by Crippen LogP contribution is 2.41. The molecule has 0 saturated heterocycles. The SMILES string of the molecule is CS(=O)(=O)c1ccccc1C1(N)CCC1. The second-order valence-corrected chi connectivity index (χ2v) is 6.26. The van der Waals surface area contributed by atoms with Gasteiger partial charge in [0.05, 0.1) is 4.90 Å². The maximum absolute atomic E-state index is 11.6. The van der Waals surface area contributed by atoms with Crippen LogP contribution in [-0.4, -0.2) is 14.7 Å². The van der Waals surface area contributed by atoms with Gasteiger partial charge in [0.15, 0.2) is 9.84 Å². The van der Waals surface area contributed by atoms with Gasteiger partial charge in [0.25, 0.3) is 0 Å². The van der Waals surface area contributed by atoms with Crippen LogP contribution in [0.3, 0.4) is 0 Å². The zero-order chi connectivity index (χ0) is 11.1. The highest BCUT2D eigenvalue weighted by Gasteiger charge is 2.37. The van der Waals surface area contributed by atoms with E-state index in [9.17, 15) is 8.42 Å². The Kier molecular flexibility index (Phi) is 2.35. The Bertz CT molecular complexity index is 475. The third kappa shape index (κ3) is 1.79. The minimum absolute atomic E-state index is 0.382. The van der Waals surface area contributed by atoms with E-state index in [2.05, 4.69) is 0 Å². The van der Waals surface area contributed by atoms with Gasteiger partial charge in [0.2, 0.25) is 0 Å².